The van der Waals surface area contributed by atoms with Gasteiger partial charge in [0.25, 0.3) is 0 Å². The van der Waals surface area contributed by atoms with Crippen LogP contribution in [0.2, 0.25) is 0 Å². The van der Waals surface area contributed by atoms with Gasteiger partial charge in [0.1, 0.15) is 0 Å². The Hall–Kier alpha value is -1.39. The van der Waals surface area contributed by atoms with Crippen molar-refractivity contribution in [1.29, 1.82) is 0 Å². The highest BCUT2D eigenvalue weighted by atomic mass is 16.7. The van der Waals surface area contributed by atoms with E-state index in [0.29, 0.717) is 19.5 Å². The summed E-state index contributed by atoms with van der Waals surface area (Å²) in [6.45, 7) is 3.42. The van der Waals surface area contributed by atoms with Crippen molar-refractivity contribution < 1.29 is 14.3 Å². The van der Waals surface area contributed by atoms with E-state index in [1.165, 1.54) is 5.56 Å². The minimum atomic E-state index is -0.513. The Morgan fingerprint density at radius 1 is 1.15 bits per heavy atom. The Morgan fingerprint density at radius 2 is 1.70 bits per heavy atom. The first-order chi connectivity index (χ1) is 9.58. The summed E-state index contributed by atoms with van der Waals surface area (Å²) in [7, 11) is 3.32. The van der Waals surface area contributed by atoms with E-state index in [-0.39, 0.29) is 5.91 Å². The molecule has 0 unspecified atom stereocenters. The lowest BCUT2D eigenvalue weighted by atomic mass is 10.0. The molecule has 2 rings (SSSR count). The number of carbonyl (C=O) groups is 1. The molecule has 0 spiro atoms. The van der Waals surface area contributed by atoms with E-state index in [0.717, 1.165) is 18.4 Å². The summed E-state index contributed by atoms with van der Waals surface area (Å²) >= 11 is 0. The zero-order valence-electron chi connectivity index (χ0n) is 12.5. The maximum absolute atomic E-state index is 12.3. The molecule has 0 aromatic heterocycles. The van der Waals surface area contributed by atoms with E-state index >= 15 is 0 Å². The van der Waals surface area contributed by atoms with Crippen molar-refractivity contribution in [2.24, 2.45) is 0 Å². The van der Waals surface area contributed by atoms with Crippen LogP contribution in [0.1, 0.15) is 24.0 Å². The summed E-state index contributed by atoms with van der Waals surface area (Å²) in [4.78, 5) is 14.2. The van der Waals surface area contributed by atoms with Crippen LogP contribution in [0.25, 0.3) is 0 Å². The Morgan fingerprint density at radius 3 is 2.20 bits per heavy atom. The van der Waals surface area contributed by atoms with Gasteiger partial charge in [-0.3, -0.25) is 4.79 Å². The zero-order chi connectivity index (χ0) is 14.6. The second-order valence-electron chi connectivity index (χ2n) is 5.36. The lowest BCUT2D eigenvalue weighted by Gasteiger charge is -2.39. The van der Waals surface area contributed by atoms with E-state index in [9.17, 15) is 4.79 Å². The number of nitrogens with zero attached hydrogens (tertiary/aromatic N) is 1. The van der Waals surface area contributed by atoms with Crippen LogP contribution in [0.4, 0.5) is 0 Å². The van der Waals surface area contributed by atoms with E-state index in [4.69, 9.17) is 9.47 Å². The van der Waals surface area contributed by atoms with Crippen molar-refractivity contribution in [3.8, 4) is 0 Å². The highest BCUT2D eigenvalue weighted by molar-refractivity contribution is 5.78. The molecule has 0 bridgehead atoms. The van der Waals surface area contributed by atoms with Crippen molar-refractivity contribution in [3.63, 3.8) is 0 Å². The van der Waals surface area contributed by atoms with Crippen molar-refractivity contribution in [2.45, 2.75) is 32.0 Å². The smallest absolute Gasteiger partial charge is 0.226 e. The van der Waals surface area contributed by atoms with Crippen LogP contribution in [0, 0.1) is 6.92 Å². The van der Waals surface area contributed by atoms with Gasteiger partial charge in [0.05, 0.1) is 6.42 Å². The fourth-order valence-electron chi connectivity index (χ4n) is 2.58. The molecule has 0 atom stereocenters. The standard InChI is InChI=1S/C16H23NO3/c1-13-4-6-14(7-5-13)12-15(18)17-10-8-16(19-2,20-3)9-11-17/h4-7H,8-12H2,1-3H3. The SMILES string of the molecule is COC1(OC)CCN(C(=O)Cc2ccc(C)cc2)CC1. The molecule has 1 saturated heterocycles. The molecule has 1 amide bonds. The van der Waals surface area contributed by atoms with Crippen LogP contribution in [-0.2, 0) is 20.7 Å². The van der Waals surface area contributed by atoms with Gasteiger partial charge >= 0.3 is 0 Å². The number of hydrogen-bond donors (Lipinski definition) is 0. The quantitative estimate of drug-likeness (QED) is 0.792. The Bertz CT molecular complexity index is 441. The lowest BCUT2D eigenvalue weighted by Crippen LogP contribution is -2.49. The summed E-state index contributed by atoms with van der Waals surface area (Å²) < 4.78 is 10.9. The van der Waals surface area contributed by atoms with Crippen LogP contribution >= 0.6 is 0 Å². The first-order valence-electron chi connectivity index (χ1n) is 7.02. The molecule has 1 aromatic rings. The first kappa shape index (κ1) is 15.0. The van der Waals surface area contributed by atoms with Crippen molar-refractivity contribution in [3.05, 3.63) is 35.4 Å². The predicted molar refractivity (Wildman–Crippen MR) is 77.4 cm³/mol. The molecule has 20 heavy (non-hydrogen) atoms. The molecule has 0 N–H and O–H groups in total. The van der Waals surface area contributed by atoms with Crippen LogP contribution in [-0.4, -0.2) is 43.9 Å². The van der Waals surface area contributed by atoms with Gasteiger partial charge in [-0.2, -0.15) is 0 Å². The summed E-state index contributed by atoms with van der Waals surface area (Å²) in [6, 6.07) is 8.12. The molecule has 110 valence electrons. The Labute approximate surface area is 120 Å². The fourth-order valence-corrected chi connectivity index (χ4v) is 2.58. The predicted octanol–water partition coefficient (Wildman–Crippen LogP) is 2.15. The van der Waals surface area contributed by atoms with Crippen LogP contribution in [0.5, 0.6) is 0 Å². The molecule has 0 radical (unpaired) electrons. The van der Waals surface area contributed by atoms with Gasteiger partial charge in [0.15, 0.2) is 5.79 Å². The van der Waals surface area contributed by atoms with Crippen LogP contribution in [0.15, 0.2) is 24.3 Å². The maximum atomic E-state index is 12.3. The summed E-state index contributed by atoms with van der Waals surface area (Å²) in [5, 5.41) is 0. The summed E-state index contributed by atoms with van der Waals surface area (Å²) in [5.41, 5.74) is 2.28. The normalized spacial score (nSPS) is 18.1. The maximum Gasteiger partial charge on any atom is 0.226 e. The van der Waals surface area contributed by atoms with Crippen LogP contribution in [0.3, 0.4) is 0 Å². The fraction of sp³-hybridized carbons (Fsp3) is 0.562. The second-order valence-corrected chi connectivity index (χ2v) is 5.36. The lowest BCUT2D eigenvalue weighted by molar-refractivity contribution is -0.228. The van der Waals surface area contributed by atoms with Gasteiger partial charge in [0.2, 0.25) is 5.91 Å². The van der Waals surface area contributed by atoms with Gasteiger partial charge in [-0.1, -0.05) is 29.8 Å². The minimum Gasteiger partial charge on any atom is -0.353 e. The van der Waals surface area contributed by atoms with E-state index < -0.39 is 5.79 Å². The average Bonchev–Trinajstić information content (AvgIpc) is 2.49. The number of carbonyl (C=O) groups excluding carboxylic acids is 1. The summed E-state index contributed by atoms with van der Waals surface area (Å²) in [6.07, 6.45) is 1.91. The number of ether oxygens (including phenoxy) is 2. The average molecular weight is 277 g/mol. The molecule has 1 aromatic carbocycles. The van der Waals surface area contributed by atoms with Gasteiger partial charge in [-0.15, -0.1) is 0 Å². The monoisotopic (exact) mass is 277 g/mol. The van der Waals surface area contributed by atoms with Gasteiger partial charge in [-0.25, -0.2) is 0 Å². The first-order valence-corrected chi connectivity index (χ1v) is 7.02. The Kier molecular flexibility index (Phi) is 4.78. The largest absolute Gasteiger partial charge is 0.353 e. The molecule has 1 heterocycles. The number of rotatable bonds is 4. The van der Waals surface area contributed by atoms with Crippen molar-refractivity contribution >= 4 is 5.91 Å². The number of hydrogen-bond acceptors (Lipinski definition) is 3. The highest BCUT2D eigenvalue weighted by Crippen LogP contribution is 2.26. The second kappa shape index (κ2) is 6.37. The minimum absolute atomic E-state index is 0.176. The number of methoxy groups -OCH3 is 2. The van der Waals surface area contributed by atoms with E-state index in [1.54, 1.807) is 14.2 Å². The molecule has 4 heteroatoms. The molecule has 1 aliphatic rings. The van der Waals surface area contributed by atoms with Gasteiger partial charge < -0.3 is 14.4 Å². The highest BCUT2D eigenvalue weighted by Gasteiger charge is 2.35. The van der Waals surface area contributed by atoms with E-state index in [1.807, 2.05) is 36.1 Å². The van der Waals surface area contributed by atoms with Crippen molar-refractivity contribution in [2.75, 3.05) is 27.3 Å². The topological polar surface area (TPSA) is 38.8 Å². The molecule has 1 aliphatic heterocycles. The molecule has 4 nitrogen and oxygen atoms in total. The molecular formula is C16H23NO3. The molecule has 0 saturated carbocycles. The summed E-state index contributed by atoms with van der Waals surface area (Å²) in [5.74, 6) is -0.338. The zero-order valence-corrected chi connectivity index (χ0v) is 12.5. The third kappa shape index (κ3) is 3.38. The number of aryl methyl sites for hydroxylation is 1. The molecule has 1 fully saturated rings. The number of piperidine rings is 1. The third-order valence-corrected chi connectivity index (χ3v) is 4.10. The molecular weight excluding hydrogens is 254 g/mol. The Balaban J connectivity index is 1.90. The number of amides is 1. The third-order valence-electron chi connectivity index (χ3n) is 4.10. The van der Waals surface area contributed by atoms with E-state index in [2.05, 4.69) is 0 Å². The molecule has 0 aliphatic carbocycles. The van der Waals surface area contributed by atoms with Gasteiger partial charge in [0, 0.05) is 40.2 Å². The van der Waals surface area contributed by atoms with Crippen molar-refractivity contribution in [1.82, 2.24) is 4.90 Å². The number of benzene rings is 1. The number of likely N-dealkylation sites (tertiary alicyclic amines) is 1. The van der Waals surface area contributed by atoms with Gasteiger partial charge in [-0.05, 0) is 12.5 Å². The van der Waals surface area contributed by atoms with Crippen LogP contribution < -0.4 is 0 Å².